The maximum atomic E-state index is 11.7. The van der Waals surface area contributed by atoms with Crippen molar-refractivity contribution in [3.05, 3.63) is 60.2 Å². The molecule has 2 aromatic rings. The average molecular weight is 326 g/mol. The SMILES string of the molecule is COc1cc(/C=C/C(=O)NCC(=O)Nc2ccccc2)ccc1O. The molecule has 0 fully saturated rings. The number of anilines is 1. The number of carbonyl (C=O) groups is 2. The Morgan fingerprint density at radius 3 is 2.62 bits per heavy atom. The van der Waals surface area contributed by atoms with Crippen LogP contribution in [-0.2, 0) is 9.59 Å². The molecule has 0 radical (unpaired) electrons. The van der Waals surface area contributed by atoms with Gasteiger partial charge in [0.2, 0.25) is 11.8 Å². The van der Waals surface area contributed by atoms with Gasteiger partial charge < -0.3 is 20.5 Å². The summed E-state index contributed by atoms with van der Waals surface area (Å²) in [5, 5.41) is 14.7. The number of phenolic OH excluding ortho intramolecular Hbond substituents is 1. The number of phenols is 1. The van der Waals surface area contributed by atoms with Gasteiger partial charge in [0.1, 0.15) is 0 Å². The lowest BCUT2D eigenvalue weighted by Gasteiger charge is -2.05. The van der Waals surface area contributed by atoms with E-state index in [9.17, 15) is 14.7 Å². The minimum absolute atomic E-state index is 0.0247. The van der Waals surface area contributed by atoms with Gasteiger partial charge >= 0.3 is 0 Å². The van der Waals surface area contributed by atoms with Gasteiger partial charge in [-0.05, 0) is 35.9 Å². The van der Waals surface area contributed by atoms with Crippen molar-refractivity contribution in [3.8, 4) is 11.5 Å². The Hall–Kier alpha value is -3.28. The van der Waals surface area contributed by atoms with E-state index in [1.807, 2.05) is 18.2 Å². The lowest BCUT2D eigenvalue weighted by molar-refractivity contribution is -0.121. The third-order valence-electron chi connectivity index (χ3n) is 3.11. The number of para-hydroxylation sites is 1. The van der Waals surface area contributed by atoms with Gasteiger partial charge in [0.15, 0.2) is 11.5 Å². The Kier molecular flexibility index (Phi) is 5.96. The number of hydrogen-bond donors (Lipinski definition) is 3. The maximum absolute atomic E-state index is 11.7. The molecule has 0 saturated heterocycles. The summed E-state index contributed by atoms with van der Waals surface area (Å²) in [7, 11) is 1.45. The first kappa shape index (κ1) is 17.1. The van der Waals surface area contributed by atoms with Gasteiger partial charge in [0.25, 0.3) is 0 Å². The van der Waals surface area contributed by atoms with Crippen molar-refractivity contribution in [2.75, 3.05) is 19.0 Å². The monoisotopic (exact) mass is 326 g/mol. The van der Waals surface area contributed by atoms with Crippen LogP contribution in [0.1, 0.15) is 5.56 Å². The van der Waals surface area contributed by atoms with Crippen LogP contribution in [0.2, 0.25) is 0 Å². The number of rotatable bonds is 6. The minimum atomic E-state index is -0.398. The number of carbonyl (C=O) groups excluding carboxylic acids is 2. The molecule has 0 bridgehead atoms. The van der Waals surface area contributed by atoms with Gasteiger partial charge in [-0.3, -0.25) is 9.59 Å². The number of methoxy groups -OCH3 is 1. The number of amides is 2. The normalized spacial score (nSPS) is 10.4. The summed E-state index contributed by atoms with van der Waals surface area (Å²) in [6, 6.07) is 13.7. The predicted molar refractivity (Wildman–Crippen MR) is 91.8 cm³/mol. The quantitative estimate of drug-likeness (QED) is 0.710. The van der Waals surface area contributed by atoms with Crippen molar-refractivity contribution >= 4 is 23.6 Å². The molecule has 6 heteroatoms. The number of hydrogen-bond acceptors (Lipinski definition) is 4. The molecule has 0 spiro atoms. The molecule has 24 heavy (non-hydrogen) atoms. The van der Waals surface area contributed by atoms with E-state index in [0.29, 0.717) is 17.0 Å². The molecule has 3 N–H and O–H groups in total. The Morgan fingerprint density at radius 1 is 1.17 bits per heavy atom. The van der Waals surface area contributed by atoms with Crippen LogP contribution in [0.4, 0.5) is 5.69 Å². The van der Waals surface area contributed by atoms with Crippen molar-refractivity contribution in [1.82, 2.24) is 5.32 Å². The highest BCUT2D eigenvalue weighted by atomic mass is 16.5. The summed E-state index contributed by atoms with van der Waals surface area (Å²) in [6.07, 6.45) is 2.87. The van der Waals surface area contributed by atoms with Crippen LogP contribution in [-0.4, -0.2) is 30.6 Å². The largest absolute Gasteiger partial charge is 0.504 e. The molecule has 6 nitrogen and oxygen atoms in total. The fraction of sp³-hybridized carbons (Fsp3) is 0.111. The zero-order chi connectivity index (χ0) is 17.4. The zero-order valence-electron chi connectivity index (χ0n) is 13.2. The zero-order valence-corrected chi connectivity index (χ0v) is 13.2. The van der Waals surface area contributed by atoms with E-state index in [0.717, 1.165) is 0 Å². The fourth-order valence-electron chi connectivity index (χ4n) is 1.92. The van der Waals surface area contributed by atoms with E-state index in [2.05, 4.69) is 10.6 Å². The highest BCUT2D eigenvalue weighted by molar-refractivity contribution is 5.97. The molecule has 2 amide bonds. The van der Waals surface area contributed by atoms with Crippen LogP contribution in [0.25, 0.3) is 6.08 Å². The van der Waals surface area contributed by atoms with Crippen molar-refractivity contribution in [2.24, 2.45) is 0 Å². The maximum Gasteiger partial charge on any atom is 0.244 e. The molecule has 0 saturated carbocycles. The van der Waals surface area contributed by atoms with E-state index in [1.54, 1.807) is 30.3 Å². The topological polar surface area (TPSA) is 87.7 Å². The fourth-order valence-corrected chi connectivity index (χ4v) is 1.92. The lowest BCUT2D eigenvalue weighted by atomic mass is 10.2. The second-order valence-corrected chi connectivity index (χ2v) is 4.90. The molecule has 2 rings (SSSR count). The number of ether oxygens (including phenoxy) is 1. The van der Waals surface area contributed by atoms with Gasteiger partial charge in [-0.2, -0.15) is 0 Å². The first-order valence-electron chi connectivity index (χ1n) is 7.26. The molecular formula is C18H18N2O4. The number of nitrogens with one attached hydrogen (secondary N) is 2. The van der Waals surface area contributed by atoms with E-state index < -0.39 is 5.91 Å². The van der Waals surface area contributed by atoms with Crippen LogP contribution < -0.4 is 15.4 Å². The number of benzene rings is 2. The summed E-state index contributed by atoms with van der Waals surface area (Å²) in [6.45, 7) is -0.128. The summed E-state index contributed by atoms with van der Waals surface area (Å²) < 4.78 is 4.99. The molecule has 0 unspecified atom stereocenters. The molecular weight excluding hydrogens is 308 g/mol. The minimum Gasteiger partial charge on any atom is -0.504 e. The van der Waals surface area contributed by atoms with Crippen LogP contribution in [0.15, 0.2) is 54.6 Å². The van der Waals surface area contributed by atoms with E-state index >= 15 is 0 Å². The third kappa shape index (κ3) is 5.17. The van der Waals surface area contributed by atoms with Gasteiger partial charge in [-0.15, -0.1) is 0 Å². The van der Waals surface area contributed by atoms with Gasteiger partial charge in [0.05, 0.1) is 13.7 Å². The molecule has 124 valence electrons. The molecule has 0 aliphatic rings. The van der Waals surface area contributed by atoms with Crippen LogP contribution in [0, 0.1) is 0 Å². The van der Waals surface area contributed by atoms with Crippen molar-refractivity contribution < 1.29 is 19.4 Å². The Labute approximate surface area is 139 Å². The molecule has 0 aromatic heterocycles. The molecule has 2 aromatic carbocycles. The van der Waals surface area contributed by atoms with E-state index in [-0.39, 0.29) is 18.2 Å². The van der Waals surface area contributed by atoms with E-state index in [4.69, 9.17) is 4.74 Å². The highest BCUT2D eigenvalue weighted by Gasteiger charge is 2.04. The average Bonchev–Trinajstić information content (AvgIpc) is 2.60. The van der Waals surface area contributed by atoms with E-state index in [1.165, 1.54) is 19.3 Å². The Balaban J connectivity index is 1.83. The number of aromatic hydroxyl groups is 1. The lowest BCUT2D eigenvalue weighted by Crippen LogP contribution is -2.31. The molecule has 0 atom stereocenters. The molecule has 0 aliphatic carbocycles. The van der Waals surface area contributed by atoms with Crippen LogP contribution >= 0.6 is 0 Å². The van der Waals surface area contributed by atoms with Crippen LogP contribution in [0.5, 0.6) is 11.5 Å². The summed E-state index contributed by atoms with van der Waals surface area (Å²) in [5.74, 6) is -0.365. The third-order valence-corrected chi connectivity index (χ3v) is 3.11. The Morgan fingerprint density at radius 2 is 1.92 bits per heavy atom. The smallest absolute Gasteiger partial charge is 0.244 e. The van der Waals surface area contributed by atoms with Crippen molar-refractivity contribution in [2.45, 2.75) is 0 Å². The second-order valence-electron chi connectivity index (χ2n) is 4.90. The van der Waals surface area contributed by atoms with Crippen molar-refractivity contribution in [3.63, 3.8) is 0 Å². The van der Waals surface area contributed by atoms with Crippen LogP contribution in [0.3, 0.4) is 0 Å². The first-order valence-corrected chi connectivity index (χ1v) is 7.26. The summed E-state index contributed by atoms with van der Waals surface area (Å²) in [5.41, 5.74) is 1.36. The standard InChI is InChI=1S/C18H18N2O4/c1-24-16-11-13(7-9-15(16)21)8-10-17(22)19-12-18(23)20-14-5-3-2-4-6-14/h2-11,21H,12H2,1H3,(H,19,22)(H,20,23)/b10-8+. The van der Waals surface area contributed by atoms with Gasteiger partial charge in [-0.25, -0.2) is 0 Å². The molecule has 0 heterocycles. The summed E-state index contributed by atoms with van der Waals surface area (Å²) in [4.78, 5) is 23.5. The predicted octanol–water partition coefficient (Wildman–Crippen LogP) is 2.17. The van der Waals surface area contributed by atoms with Gasteiger partial charge in [0, 0.05) is 11.8 Å². The first-order chi connectivity index (χ1) is 11.6. The highest BCUT2D eigenvalue weighted by Crippen LogP contribution is 2.26. The van der Waals surface area contributed by atoms with Gasteiger partial charge in [-0.1, -0.05) is 24.3 Å². The molecule has 0 aliphatic heterocycles. The summed E-state index contributed by atoms with van der Waals surface area (Å²) >= 11 is 0. The van der Waals surface area contributed by atoms with Crippen molar-refractivity contribution in [1.29, 1.82) is 0 Å². The second kappa shape index (κ2) is 8.38. The Bertz CT molecular complexity index is 742.